The number of carbonyl (C=O) groups is 6. The van der Waals surface area contributed by atoms with Crippen molar-refractivity contribution in [2.45, 2.75) is 192 Å². The van der Waals surface area contributed by atoms with Crippen molar-refractivity contribution in [3.8, 4) is 0 Å². The van der Waals surface area contributed by atoms with Crippen molar-refractivity contribution in [2.24, 2.45) is 10.8 Å². The number of carbonyl (C=O) groups excluding carboxylic acids is 6. The van der Waals surface area contributed by atoms with Crippen LogP contribution in [-0.4, -0.2) is 131 Å². The van der Waals surface area contributed by atoms with E-state index < -0.39 is 113 Å². The number of hydroxylamine groups is 2. The van der Waals surface area contributed by atoms with Gasteiger partial charge in [0.25, 0.3) is 0 Å². The molecule has 72 heavy (non-hydrogen) atoms. The first-order valence-electron chi connectivity index (χ1n) is 25.8. The number of unbranched alkanes of at least 4 members (excludes halogenated alkanes) is 4. The summed E-state index contributed by atoms with van der Waals surface area (Å²) >= 11 is 0. The smallest absolute Gasteiger partial charge is 0.348 e. The summed E-state index contributed by atoms with van der Waals surface area (Å²) in [7, 11) is 1.55. The average molecular weight is 1000 g/mol. The molecule has 2 amide bonds. The van der Waals surface area contributed by atoms with Crippen LogP contribution in [0, 0.1) is 10.8 Å². The van der Waals surface area contributed by atoms with Gasteiger partial charge in [0.2, 0.25) is 17.9 Å². The summed E-state index contributed by atoms with van der Waals surface area (Å²) < 4.78 is 36.5. The first-order chi connectivity index (χ1) is 34.2. The molecule has 2 aromatic carbocycles. The number of nitrogens with one attached hydrogen (secondary N) is 1. The fourth-order valence-electron chi connectivity index (χ4n) is 10.8. The van der Waals surface area contributed by atoms with E-state index in [-0.39, 0.29) is 38.8 Å². The summed E-state index contributed by atoms with van der Waals surface area (Å²) in [5, 5.41) is 14.8. The Kier molecular flexibility index (Phi) is 17.4. The number of hydrogen-bond donors (Lipinski definition) is 2. The third kappa shape index (κ3) is 12.2. The lowest BCUT2D eigenvalue weighted by Crippen LogP contribution is -2.70. The lowest BCUT2D eigenvalue weighted by atomic mass is 9.62. The van der Waals surface area contributed by atoms with Crippen LogP contribution in [0.1, 0.15) is 136 Å². The van der Waals surface area contributed by atoms with Crippen LogP contribution in [0.5, 0.6) is 0 Å². The summed E-state index contributed by atoms with van der Waals surface area (Å²) in [4.78, 5) is 91.6. The quantitative estimate of drug-likeness (QED) is 0.0542. The number of likely N-dealkylation sites (N-methyl/N-ethyl adjacent to an activating group) is 1. The molecule has 7 rings (SSSR count). The third-order valence-corrected chi connectivity index (χ3v) is 14.5. The van der Waals surface area contributed by atoms with E-state index >= 15 is 4.79 Å². The van der Waals surface area contributed by atoms with E-state index in [1.165, 1.54) is 16.0 Å². The second kappa shape index (κ2) is 22.9. The summed E-state index contributed by atoms with van der Waals surface area (Å²) in [6.07, 6.45) is 5.22. The molecule has 9 atom stereocenters. The molecule has 17 heteroatoms. The minimum atomic E-state index is -1.62. The summed E-state index contributed by atoms with van der Waals surface area (Å²) in [5.74, 6) is -4.54. The molecule has 0 spiro atoms. The highest BCUT2D eigenvalue weighted by Gasteiger charge is 2.77. The van der Waals surface area contributed by atoms with Crippen LogP contribution in [0.25, 0.3) is 6.08 Å². The summed E-state index contributed by atoms with van der Waals surface area (Å²) in [6, 6.07) is 13.2. The Balaban J connectivity index is 1.21. The Bertz CT molecular complexity index is 2290. The van der Waals surface area contributed by atoms with Gasteiger partial charge < -0.3 is 43.7 Å². The number of fused-ring (bicyclic) bond motifs is 4. The Morgan fingerprint density at radius 3 is 2.25 bits per heavy atom. The zero-order chi connectivity index (χ0) is 52.0. The molecule has 0 unspecified atom stereocenters. The molecule has 2 N–H and O–H groups in total. The monoisotopic (exact) mass is 1000 g/mol. The predicted octanol–water partition coefficient (Wildman–Crippen LogP) is 6.30. The molecule has 0 radical (unpaired) electrons. The molecule has 2 bridgehead atoms. The molecule has 4 saturated heterocycles. The van der Waals surface area contributed by atoms with Gasteiger partial charge >= 0.3 is 23.9 Å². The van der Waals surface area contributed by atoms with Gasteiger partial charge in [0.15, 0.2) is 11.8 Å². The molecule has 5 fully saturated rings. The fourth-order valence-corrected chi connectivity index (χ4v) is 10.8. The van der Waals surface area contributed by atoms with Crippen LogP contribution in [0.3, 0.4) is 0 Å². The Morgan fingerprint density at radius 2 is 1.61 bits per heavy atom. The second-order valence-electron chi connectivity index (χ2n) is 21.8. The van der Waals surface area contributed by atoms with Crippen molar-refractivity contribution >= 4 is 41.8 Å². The predicted molar refractivity (Wildman–Crippen MR) is 263 cm³/mol. The number of rotatable bonds is 23. The summed E-state index contributed by atoms with van der Waals surface area (Å²) in [5.41, 5.74) is -0.963. The van der Waals surface area contributed by atoms with Gasteiger partial charge in [-0.25, -0.2) is 9.59 Å². The van der Waals surface area contributed by atoms with Gasteiger partial charge in [0.05, 0.1) is 19.2 Å². The number of benzene rings is 2. The van der Waals surface area contributed by atoms with Gasteiger partial charge in [-0.2, -0.15) is 5.06 Å². The van der Waals surface area contributed by atoms with Crippen molar-refractivity contribution in [3.63, 3.8) is 0 Å². The van der Waals surface area contributed by atoms with Crippen LogP contribution < -0.4 is 5.32 Å². The molecular weight excluding hydrogens is 927 g/mol. The van der Waals surface area contributed by atoms with E-state index in [1.54, 1.807) is 59.9 Å². The molecule has 17 nitrogen and oxygen atoms in total. The van der Waals surface area contributed by atoms with Crippen LogP contribution >= 0.6 is 0 Å². The average Bonchev–Trinajstić information content (AvgIpc) is 3.98. The minimum absolute atomic E-state index is 0.00799. The maximum absolute atomic E-state index is 16.0. The van der Waals surface area contributed by atoms with Gasteiger partial charge in [-0.15, -0.1) is 0 Å². The molecule has 1 aliphatic carbocycles. The van der Waals surface area contributed by atoms with Crippen LogP contribution in [0.15, 0.2) is 60.7 Å². The first-order valence-corrected chi connectivity index (χ1v) is 25.8. The van der Waals surface area contributed by atoms with Gasteiger partial charge in [-0.1, -0.05) is 108 Å². The molecule has 2 aromatic rings. The molecule has 4 aliphatic heterocycles. The Hall–Kier alpha value is -5.20. The Morgan fingerprint density at radius 1 is 0.931 bits per heavy atom. The topological polar surface area (TPSA) is 206 Å². The van der Waals surface area contributed by atoms with E-state index in [4.69, 9.17) is 33.3 Å². The summed E-state index contributed by atoms with van der Waals surface area (Å²) in [6.45, 7) is 12.8. The largest absolute Gasteiger partial charge is 0.462 e. The highest BCUT2D eigenvalue weighted by Crippen LogP contribution is 2.58. The molecule has 0 aromatic heterocycles. The molecule has 5 aliphatic rings. The number of nitrogens with zero attached hydrogens (tertiary/aromatic N) is 2. The first kappa shape index (κ1) is 54.6. The minimum Gasteiger partial charge on any atom is -0.462 e. The lowest BCUT2D eigenvalue weighted by Gasteiger charge is -2.50. The number of amides is 2. The molecule has 394 valence electrons. The van der Waals surface area contributed by atoms with Gasteiger partial charge in [-0.05, 0) is 62.8 Å². The maximum atomic E-state index is 16.0. The zero-order valence-electron chi connectivity index (χ0n) is 43.2. The van der Waals surface area contributed by atoms with E-state index in [2.05, 4.69) is 19.2 Å². The number of aliphatic hydroxyl groups is 1. The third-order valence-electron chi connectivity index (χ3n) is 14.5. The van der Waals surface area contributed by atoms with Gasteiger partial charge in [-0.3, -0.25) is 24.0 Å². The SMILES string of the molecule is CCCCCC1(CCCCC)O[C@@H]2[C@H](O1)[C@H]1ON(Cc3cccc(C=CC(=O)O[C@H]4C(=O)OCC4(C)C)c3)[C@@H]3C(=O)O[C@@H]2C[C@]13C(=O)N(C)[C@H](Cc1ccccc1)C(=O)N[C@H](CO)CCC(=O)OC(C)(C)C. The lowest BCUT2D eigenvalue weighted by molar-refractivity contribution is -0.225. The van der Waals surface area contributed by atoms with Crippen molar-refractivity contribution in [1.82, 2.24) is 15.3 Å². The van der Waals surface area contributed by atoms with Crippen molar-refractivity contribution < 1.29 is 67.1 Å². The van der Waals surface area contributed by atoms with Crippen LogP contribution in [0.2, 0.25) is 0 Å². The van der Waals surface area contributed by atoms with E-state index in [0.29, 0.717) is 24.0 Å². The standard InChI is InChI=1S/C55H75N3O14/c1-9-11-16-27-54(28-17-12-10-2)70-43-40-31-55(51(65)57(8)39(30-35-19-14-13-15-20-35)48(62)56-38(33-59)24-26-42(61)69-52(3,4)5)45(49(63)67-40)58(72-46(55)44(43)71-54)32-37-22-18-21-36(29-37)23-25-41(60)68-47-50(64)66-34-53(47,6)7/h13-15,18-23,25,29,38-40,43-47,59H,9-12,16-17,24,26-28,30-34H2,1-8H3,(H,56,62)/t38-,39+,40+,43-,44-,45+,46+,47-,55+/m0/s1. The number of aliphatic hydroxyl groups excluding tert-OH is 1. The molecular formula is C55H75N3O14. The van der Waals surface area contributed by atoms with E-state index in [1.807, 2.05) is 42.5 Å². The molecule has 1 saturated carbocycles. The van der Waals surface area contributed by atoms with Crippen LogP contribution in [0.4, 0.5) is 0 Å². The number of cyclic esters (lactones) is 1. The van der Waals surface area contributed by atoms with E-state index in [0.717, 1.165) is 44.1 Å². The number of hydrogen-bond acceptors (Lipinski definition) is 15. The normalized spacial score (nSPS) is 26.8. The Labute approximate surface area is 423 Å². The van der Waals surface area contributed by atoms with Crippen molar-refractivity contribution in [1.29, 1.82) is 0 Å². The maximum Gasteiger partial charge on any atom is 0.348 e. The van der Waals surface area contributed by atoms with Crippen molar-refractivity contribution in [3.05, 3.63) is 77.4 Å². The highest BCUT2D eigenvalue weighted by molar-refractivity contribution is 5.96. The zero-order valence-corrected chi connectivity index (χ0v) is 43.2. The van der Waals surface area contributed by atoms with Gasteiger partial charge in [0, 0.05) is 50.6 Å². The van der Waals surface area contributed by atoms with Crippen LogP contribution in [-0.2, 0) is 75.0 Å². The second-order valence-corrected chi connectivity index (χ2v) is 21.8. The van der Waals surface area contributed by atoms with E-state index in [9.17, 15) is 29.1 Å². The highest BCUT2D eigenvalue weighted by atomic mass is 16.8. The van der Waals surface area contributed by atoms with Gasteiger partial charge in [0.1, 0.15) is 48.1 Å². The molecule has 4 heterocycles. The van der Waals surface area contributed by atoms with Crippen molar-refractivity contribution in [2.75, 3.05) is 20.3 Å². The fraction of sp³-hybridized carbons (Fsp3) is 0.636. The number of ether oxygens (including phenoxy) is 6. The number of esters is 4.